The van der Waals surface area contributed by atoms with Crippen molar-refractivity contribution in [1.29, 1.82) is 0 Å². The summed E-state index contributed by atoms with van der Waals surface area (Å²) in [4.78, 5) is -2.03. The lowest BCUT2D eigenvalue weighted by Crippen LogP contribution is -2.35. The third-order valence-electron chi connectivity index (χ3n) is 5.40. The lowest BCUT2D eigenvalue weighted by Gasteiger charge is -2.20. The zero-order valence-electron chi connectivity index (χ0n) is 16.8. The fourth-order valence-corrected chi connectivity index (χ4v) is 6.69. The highest BCUT2D eigenvalue weighted by molar-refractivity contribution is 7.91. The van der Waals surface area contributed by atoms with Crippen molar-refractivity contribution in [3.8, 4) is 0 Å². The third-order valence-corrected chi connectivity index (χ3v) is 8.65. The van der Waals surface area contributed by atoms with Crippen LogP contribution in [0.15, 0.2) is 87.5 Å². The lowest BCUT2D eigenvalue weighted by atomic mass is 10.1. The molecule has 33 heavy (non-hydrogen) atoms. The van der Waals surface area contributed by atoms with Gasteiger partial charge in [0, 0.05) is 6.42 Å². The molecule has 0 aromatic heterocycles. The number of nitrogens with one attached hydrogen (secondary N) is 1. The highest BCUT2D eigenvalue weighted by Crippen LogP contribution is 2.38. The molecule has 0 amide bonds. The van der Waals surface area contributed by atoms with E-state index in [0.29, 0.717) is 23.3 Å². The van der Waals surface area contributed by atoms with E-state index < -0.39 is 53.5 Å². The number of sulfone groups is 1. The molecule has 0 spiro atoms. The highest BCUT2D eigenvalue weighted by Gasteiger charge is 2.41. The maximum atomic E-state index is 13.7. The molecule has 3 aromatic carbocycles. The van der Waals surface area contributed by atoms with Crippen molar-refractivity contribution in [3.05, 3.63) is 89.5 Å². The highest BCUT2D eigenvalue weighted by atomic mass is 32.2. The molecule has 0 radical (unpaired) electrons. The number of aliphatic hydroxyl groups excluding tert-OH is 1. The normalized spacial score (nSPS) is 18.8. The number of benzene rings is 3. The molecule has 4 rings (SSSR count). The van der Waals surface area contributed by atoms with Gasteiger partial charge in [0.15, 0.2) is 0 Å². The zero-order valence-corrected chi connectivity index (χ0v) is 18.5. The molecule has 1 aliphatic rings. The van der Waals surface area contributed by atoms with Crippen LogP contribution < -0.4 is 4.72 Å². The topological polar surface area (TPSA) is 101 Å². The zero-order chi connectivity index (χ0) is 24.0. The van der Waals surface area contributed by atoms with E-state index in [0.717, 1.165) is 6.07 Å². The Morgan fingerprint density at radius 2 is 1.48 bits per heavy atom. The second kappa shape index (κ2) is 8.24. The molecular weight excluding hydrogens is 479 g/mol. The van der Waals surface area contributed by atoms with E-state index in [-0.39, 0.29) is 11.3 Å². The van der Waals surface area contributed by atoms with Crippen LogP contribution in [0, 0.1) is 0 Å². The Hall–Kier alpha value is -2.73. The molecule has 2 N–H and O–H groups in total. The predicted molar refractivity (Wildman–Crippen MR) is 113 cm³/mol. The fourth-order valence-electron chi connectivity index (χ4n) is 3.81. The monoisotopic (exact) mass is 497 g/mol. The van der Waals surface area contributed by atoms with Crippen molar-refractivity contribution in [1.82, 2.24) is 4.72 Å². The molecule has 11 heteroatoms. The summed E-state index contributed by atoms with van der Waals surface area (Å²) in [7, 11) is -9.17. The molecule has 2 unspecified atom stereocenters. The van der Waals surface area contributed by atoms with Crippen LogP contribution in [-0.4, -0.2) is 28.0 Å². The van der Waals surface area contributed by atoms with Crippen LogP contribution in [0.3, 0.4) is 0 Å². The first-order valence-corrected chi connectivity index (χ1v) is 12.7. The Morgan fingerprint density at radius 1 is 0.848 bits per heavy atom. The second-order valence-electron chi connectivity index (χ2n) is 7.54. The number of fused-ring (bicyclic) bond motifs is 1. The van der Waals surface area contributed by atoms with Crippen molar-refractivity contribution < 1.29 is 35.1 Å². The number of rotatable bonds is 5. The molecule has 174 valence electrons. The third kappa shape index (κ3) is 4.41. The van der Waals surface area contributed by atoms with Gasteiger partial charge in [0.2, 0.25) is 19.9 Å². The smallest absolute Gasteiger partial charge is 0.391 e. The maximum absolute atomic E-state index is 13.7. The van der Waals surface area contributed by atoms with Gasteiger partial charge in [0.05, 0.1) is 32.4 Å². The van der Waals surface area contributed by atoms with Crippen LogP contribution in [-0.2, 0) is 32.5 Å². The van der Waals surface area contributed by atoms with E-state index in [4.69, 9.17) is 0 Å². The Morgan fingerprint density at radius 3 is 2.15 bits per heavy atom. The van der Waals surface area contributed by atoms with Crippen LogP contribution >= 0.6 is 0 Å². The molecule has 0 aliphatic heterocycles. The van der Waals surface area contributed by atoms with Crippen LogP contribution in [0.1, 0.15) is 22.7 Å². The van der Waals surface area contributed by atoms with Crippen molar-refractivity contribution in [3.63, 3.8) is 0 Å². The van der Waals surface area contributed by atoms with Crippen molar-refractivity contribution in [2.24, 2.45) is 0 Å². The van der Waals surface area contributed by atoms with Gasteiger partial charge in [-0.05, 0) is 41.5 Å². The van der Waals surface area contributed by atoms with Gasteiger partial charge < -0.3 is 5.11 Å². The fraction of sp³-hybridized carbons (Fsp3) is 0.182. The van der Waals surface area contributed by atoms with E-state index >= 15 is 0 Å². The number of sulfonamides is 1. The Kier molecular flexibility index (Phi) is 5.85. The average Bonchev–Trinajstić information content (AvgIpc) is 3.08. The van der Waals surface area contributed by atoms with E-state index in [1.807, 2.05) is 0 Å². The summed E-state index contributed by atoms with van der Waals surface area (Å²) in [6.45, 7) is 0. The van der Waals surface area contributed by atoms with E-state index in [9.17, 15) is 35.1 Å². The van der Waals surface area contributed by atoms with Crippen LogP contribution in [0.25, 0.3) is 0 Å². The van der Waals surface area contributed by atoms with Gasteiger partial charge in [0.25, 0.3) is 0 Å². The summed E-state index contributed by atoms with van der Waals surface area (Å²) >= 11 is 0. The first-order chi connectivity index (χ1) is 15.4. The largest absolute Gasteiger partial charge is 0.417 e. The molecule has 0 saturated carbocycles. The van der Waals surface area contributed by atoms with Gasteiger partial charge in [-0.15, -0.1) is 0 Å². The summed E-state index contributed by atoms with van der Waals surface area (Å²) in [5.41, 5.74) is -0.410. The SMILES string of the molecule is O=S(=O)(NC1c2ccccc2CC1O)c1cc(S(=O)(=O)c2ccccc2)ccc1C(F)(F)F. The number of alkyl halides is 3. The molecule has 2 atom stereocenters. The van der Waals surface area contributed by atoms with Crippen molar-refractivity contribution >= 4 is 19.9 Å². The Labute approximate surface area is 188 Å². The molecule has 0 saturated heterocycles. The average molecular weight is 498 g/mol. The molecule has 1 aliphatic carbocycles. The maximum Gasteiger partial charge on any atom is 0.417 e. The predicted octanol–water partition coefficient (Wildman–Crippen LogP) is 3.47. The van der Waals surface area contributed by atoms with Crippen molar-refractivity contribution in [2.75, 3.05) is 0 Å². The summed E-state index contributed by atoms with van der Waals surface area (Å²) < 4.78 is 95.2. The number of hydrogen-bond donors (Lipinski definition) is 2. The molecule has 6 nitrogen and oxygen atoms in total. The first-order valence-electron chi connectivity index (χ1n) is 9.71. The van der Waals surface area contributed by atoms with Gasteiger partial charge in [-0.25, -0.2) is 21.6 Å². The standard InChI is InChI=1S/C22H18F3NO5S2/c23-22(24,25)18-11-10-16(32(28,29)15-7-2-1-3-8-15)13-20(18)33(30,31)26-21-17-9-5-4-6-14(17)12-19(21)27/h1-11,13,19,21,26-27H,12H2. The number of hydrogen-bond acceptors (Lipinski definition) is 5. The van der Waals surface area contributed by atoms with Crippen LogP contribution in [0.4, 0.5) is 13.2 Å². The first kappa shape index (κ1) is 23.4. The quantitative estimate of drug-likeness (QED) is 0.562. The number of aliphatic hydroxyl groups is 1. The van der Waals surface area contributed by atoms with E-state index in [1.54, 1.807) is 30.3 Å². The summed E-state index contributed by atoms with van der Waals surface area (Å²) in [5, 5.41) is 10.3. The van der Waals surface area contributed by atoms with Gasteiger partial charge in [-0.1, -0.05) is 42.5 Å². The minimum atomic E-state index is -5.06. The van der Waals surface area contributed by atoms with Gasteiger partial charge in [0.1, 0.15) is 0 Å². The molecule has 0 bridgehead atoms. The van der Waals surface area contributed by atoms with Crippen LogP contribution in [0.2, 0.25) is 0 Å². The van der Waals surface area contributed by atoms with E-state index in [1.165, 1.54) is 24.3 Å². The molecular formula is C22H18F3NO5S2. The minimum absolute atomic E-state index is 0.123. The molecule has 0 fully saturated rings. The minimum Gasteiger partial charge on any atom is -0.391 e. The van der Waals surface area contributed by atoms with Gasteiger partial charge in [-0.3, -0.25) is 0 Å². The lowest BCUT2D eigenvalue weighted by molar-refractivity contribution is -0.139. The van der Waals surface area contributed by atoms with Crippen molar-refractivity contribution in [2.45, 2.75) is 39.4 Å². The summed E-state index contributed by atoms with van der Waals surface area (Å²) in [6, 6.07) is 14.0. The van der Waals surface area contributed by atoms with Crippen LogP contribution in [0.5, 0.6) is 0 Å². The van der Waals surface area contributed by atoms with Gasteiger partial charge in [-0.2, -0.15) is 13.2 Å². The Bertz CT molecular complexity index is 1410. The second-order valence-corrected chi connectivity index (χ2v) is 11.2. The van der Waals surface area contributed by atoms with E-state index in [2.05, 4.69) is 4.72 Å². The Balaban J connectivity index is 1.82. The van der Waals surface area contributed by atoms with Gasteiger partial charge >= 0.3 is 6.18 Å². The molecule has 3 aromatic rings. The molecule has 0 heterocycles. The number of halogens is 3. The summed E-state index contributed by atoms with van der Waals surface area (Å²) in [5.74, 6) is 0. The summed E-state index contributed by atoms with van der Waals surface area (Å²) in [6.07, 6.45) is -6.13.